The van der Waals surface area contributed by atoms with Crippen LogP contribution in [0.1, 0.15) is 33.3 Å². The number of ether oxygens (including phenoxy) is 1. The number of nitrogens with zero attached hydrogens (tertiary/aromatic N) is 4. The molecule has 4 aliphatic rings. The number of likely N-dealkylation sites (tertiary alicyclic amines) is 1. The predicted octanol–water partition coefficient (Wildman–Crippen LogP) is 3.63. The van der Waals surface area contributed by atoms with Crippen molar-refractivity contribution < 1.29 is 24.2 Å². The second kappa shape index (κ2) is 12.4. The molecule has 1 N–H and O–H groups in total. The fourth-order valence-corrected chi connectivity index (χ4v) is 7.72. The first kappa shape index (κ1) is 31.0. The van der Waals surface area contributed by atoms with E-state index in [1.807, 2.05) is 92.7 Å². The van der Waals surface area contributed by atoms with Gasteiger partial charge in [-0.25, -0.2) is 0 Å². The molecule has 9 nitrogen and oxygen atoms in total. The highest BCUT2D eigenvalue weighted by Crippen LogP contribution is 2.54. The van der Waals surface area contributed by atoms with Gasteiger partial charge >= 0.3 is 0 Å². The van der Waals surface area contributed by atoms with E-state index in [0.717, 1.165) is 30.0 Å². The Balaban J connectivity index is 1.40. The maximum absolute atomic E-state index is 14.8. The summed E-state index contributed by atoms with van der Waals surface area (Å²) in [6.45, 7) is 10.6. The van der Waals surface area contributed by atoms with Gasteiger partial charge in [0.15, 0.2) is 0 Å². The Kier molecular flexibility index (Phi) is 8.59. The van der Waals surface area contributed by atoms with Crippen molar-refractivity contribution in [3.05, 3.63) is 84.5 Å². The van der Waals surface area contributed by atoms with Gasteiger partial charge in [-0.2, -0.15) is 0 Å². The van der Waals surface area contributed by atoms with Crippen molar-refractivity contribution in [1.82, 2.24) is 9.80 Å². The van der Waals surface area contributed by atoms with E-state index in [0.29, 0.717) is 19.6 Å². The van der Waals surface area contributed by atoms with E-state index in [-0.39, 0.29) is 30.2 Å². The summed E-state index contributed by atoms with van der Waals surface area (Å²) in [5.74, 6) is -2.59. The van der Waals surface area contributed by atoms with Crippen molar-refractivity contribution in [1.29, 1.82) is 0 Å². The second-order valence-corrected chi connectivity index (χ2v) is 12.8. The van der Waals surface area contributed by atoms with Crippen molar-refractivity contribution in [2.45, 2.75) is 58.0 Å². The minimum Gasteiger partial charge on any atom is -0.394 e. The standard InChI is InChI=1S/C36H44N4O5/c1-5-37(6-2)26-15-17-27(18-16-26)39-21-11-19-36-31(34(43)40(32(36)35(39)44)28(23-41)24(3)4)30-29(45-36)14-10-20-38(33(30)42)22-25-12-8-7-9-13-25/h7-19,24,28-32,41H,5-6,20-23H2,1-4H3/t28-,29-,30+,31-,32?,36-/m0/s1. The highest BCUT2D eigenvalue weighted by atomic mass is 16.5. The molecule has 4 heterocycles. The second-order valence-electron chi connectivity index (χ2n) is 12.8. The first-order chi connectivity index (χ1) is 21.7. The third kappa shape index (κ3) is 5.16. The topological polar surface area (TPSA) is 93.6 Å². The fraction of sp³-hybridized carbons (Fsp3) is 0.472. The van der Waals surface area contributed by atoms with Crippen LogP contribution in [0.2, 0.25) is 0 Å². The Morgan fingerprint density at radius 1 is 0.933 bits per heavy atom. The number of carbonyl (C=O) groups is 3. The lowest BCUT2D eigenvalue weighted by Gasteiger charge is -2.39. The molecule has 45 heavy (non-hydrogen) atoms. The zero-order valence-corrected chi connectivity index (χ0v) is 26.6. The van der Waals surface area contributed by atoms with Crippen LogP contribution in [0, 0.1) is 17.8 Å². The summed E-state index contributed by atoms with van der Waals surface area (Å²) in [5.41, 5.74) is 1.43. The zero-order valence-electron chi connectivity index (χ0n) is 26.6. The molecular formula is C36H44N4O5. The number of fused-ring (bicyclic) bond motifs is 2. The van der Waals surface area contributed by atoms with Crippen molar-refractivity contribution in [2.75, 3.05) is 42.6 Å². The molecule has 6 atom stereocenters. The molecule has 3 amide bonds. The van der Waals surface area contributed by atoms with Gasteiger partial charge in [-0.05, 0) is 49.6 Å². The highest BCUT2D eigenvalue weighted by Gasteiger charge is 2.72. The van der Waals surface area contributed by atoms with Crippen molar-refractivity contribution in [3.8, 4) is 0 Å². The van der Waals surface area contributed by atoms with Crippen LogP contribution in [0.25, 0.3) is 0 Å². The van der Waals surface area contributed by atoms with E-state index >= 15 is 0 Å². The van der Waals surface area contributed by atoms with Gasteiger partial charge in [0.1, 0.15) is 11.6 Å². The number of anilines is 2. The smallest absolute Gasteiger partial charge is 0.253 e. The average molecular weight is 613 g/mol. The lowest BCUT2D eigenvalue weighted by molar-refractivity contribution is -0.148. The van der Waals surface area contributed by atoms with E-state index in [2.05, 4.69) is 18.7 Å². The summed E-state index contributed by atoms with van der Waals surface area (Å²) in [7, 11) is 0. The maximum atomic E-state index is 14.8. The quantitative estimate of drug-likeness (QED) is 0.435. The Morgan fingerprint density at radius 2 is 1.64 bits per heavy atom. The lowest BCUT2D eigenvalue weighted by atomic mass is 9.77. The van der Waals surface area contributed by atoms with Crippen LogP contribution in [0.5, 0.6) is 0 Å². The molecule has 6 rings (SSSR count). The number of amides is 3. The van der Waals surface area contributed by atoms with E-state index in [1.165, 1.54) is 0 Å². The molecule has 0 saturated carbocycles. The number of benzene rings is 2. The molecule has 2 aromatic rings. The molecule has 2 saturated heterocycles. The fourth-order valence-electron chi connectivity index (χ4n) is 7.72. The van der Waals surface area contributed by atoms with Crippen LogP contribution in [-0.2, 0) is 25.7 Å². The molecule has 9 heteroatoms. The van der Waals surface area contributed by atoms with Crippen molar-refractivity contribution in [3.63, 3.8) is 0 Å². The highest BCUT2D eigenvalue weighted by molar-refractivity contribution is 6.06. The van der Waals surface area contributed by atoms with Gasteiger partial charge in [-0.3, -0.25) is 14.4 Å². The van der Waals surface area contributed by atoms with E-state index in [4.69, 9.17) is 4.74 Å². The number of hydrogen-bond acceptors (Lipinski definition) is 6. The Labute approximate surface area is 265 Å². The molecule has 0 bridgehead atoms. The van der Waals surface area contributed by atoms with Crippen LogP contribution < -0.4 is 9.80 Å². The molecule has 1 spiro atoms. The molecule has 2 fully saturated rings. The molecule has 0 aliphatic carbocycles. The number of aliphatic hydroxyl groups excluding tert-OH is 1. The third-order valence-corrected chi connectivity index (χ3v) is 10.0. The largest absolute Gasteiger partial charge is 0.394 e. The van der Waals surface area contributed by atoms with E-state index in [9.17, 15) is 19.5 Å². The van der Waals surface area contributed by atoms with Gasteiger partial charge in [-0.1, -0.05) is 68.5 Å². The van der Waals surface area contributed by atoms with Gasteiger partial charge in [0.2, 0.25) is 11.8 Å². The van der Waals surface area contributed by atoms with Crippen LogP contribution in [-0.4, -0.2) is 89.2 Å². The summed E-state index contributed by atoms with van der Waals surface area (Å²) < 4.78 is 6.80. The first-order valence-electron chi connectivity index (χ1n) is 16.2. The minimum atomic E-state index is -1.35. The third-order valence-electron chi connectivity index (χ3n) is 10.0. The molecule has 0 radical (unpaired) electrons. The zero-order chi connectivity index (χ0) is 31.9. The van der Waals surface area contributed by atoms with Crippen LogP contribution in [0.15, 0.2) is 78.9 Å². The van der Waals surface area contributed by atoms with Crippen molar-refractivity contribution in [2.24, 2.45) is 17.8 Å². The molecule has 238 valence electrons. The number of hydrogen-bond donors (Lipinski definition) is 1. The summed E-state index contributed by atoms with van der Waals surface area (Å²) >= 11 is 0. The molecule has 4 aliphatic heterocycles. The van der Waals surface area contributed by atoms with Crippen molar-refractivity contribution >= 4 is 29.1 Å². The Morgan fingerprint density at radius 3 is 2.29 bits per heavy atom. The number of aliphatic hydroxyl groups is 1. The molecule has 1 unspecified atom stereocenters. The molecule has 0 aromatic heterocycles. The lowest BCUT2D eigenvalue weighted by Crippen LogP contribution is -2.59. The van der Waals surface area contributed by atoms with Gasteiger partial charge in [0, 0.05) is 44.1 Å². The van der Waals surface area contributed by atoms with Crippen LogP contribution in [0.3, 0.4) is 0 Å². The van der Waals surface area contributed by atoms with Gasteiger partial charge in [0.25, 0.3) is 5.91 Å². The summed E-state index contributed by atoms with van der Waals surface area (Å²) in [4.78, 5) is 51.0. The number of rotatable bonds is 9. The van der Waals surface area contributed by atoms with Crippen LogP contribution in [0.4, 0.5) is 11.4 Å². The average Bonchev–Trinajstić information content (AvgIpc) is 3.36. The number of carbonyl (C=O) groups excluding carboxylic acids is 3. The first-order valence-corrected chi connectivity index (χ1v) is 16.2. The van der Waals surface area contributed by atoms with Crippen LogP contribution >= 0.6 is 0 Å². The Bertz CT molecular complexity index is 1470. The van der Waals surface area contributed by atoms with Gasteiger partial charge in [0.05, 0.1) is 30.6 Å². The minimum absolute atomic E-state index is 0.133. The monoisotopic (exact) mass is 612 g/mol. The summed E-state index contributed by atoms with van der Waals surface area (Å²) in [5, 5.41) is 10.6. The van der Waals surface area contributed by atoms with Gasteiger partial charge < -0.3 is 29.4 Å². The predicted molar refractivity (Wildman–Crippen MR) is 173 cm³/mol. The van der Waals surface area contributed by atoms with E-state index < -0.39 is 35.6 Å². The Hall–Kier alpha value is -3.95. The summed E-state index contributed by atoms with van der Waals surface area (Å²) in [6, 6.07) is 16.0. The molecule has 2 aromatic carbocycles. The molecular weight excluding hydrogens is 568 g/mol. The SMILES string of the molecule is CCN(CC)c1ccc(N2CC=C[C@]34O[C@H]5C=CCN(Cc6ccccc6)C(=O)[C@H]5[C@H]3C(=O)N([C@@H](CO)C(C)C)C4C2=O)cc1. The van der Waals surface area contributed by atoms with E-state index in [1.54, 1.807) is 14.7 Å². The summed E-state index contributed by atoms with van der Waals surface area (Å²) in [6.07, 6.45) is 6.91. The normalized spacial score (nSPS) is 28.2. The maximum Gasteiger partial charge on any atom is 0.253 e. The van der Waals surface area contributed by atoms with Gasteiger partial charge in [-0.15, -0.1) is 0 Å².